The number of carbonyl (C=O) groups is 1. The lowest BCUT2D eigenvalue weighted by atomic mass is 9.85. The van der Waals surface area contributed by atoms with Gasteiger partial charge in [0.1, 0.15) is 17.3 Å². The zero-order valence-corrected chi connectivity index (χ0v) is 21.0. The first-order valence-electron chi connectivity index (χ1n) is 11.6. The minimum atomic E-state index is -5.18. The first-order chi connectivity index (χ1) is 19.2. The molecule has 41 heavy (non-hydrogen) atoms. The molecule has 3 aromatic carbocycles. The van der Waals surface area contributed by atoms with Crippen LogP contribution in [0.1, 0.15) is 29.0 Å². The maximum Gasteiger partial charge on any atom is 0.416 e. The van der Waals surface area contributed by atoms with E-state index in [0.29, 0.717) is 0 Å². The van der Waals surface area contributed by atoms with Gasteiger partial charge in [-0.25, -0.2) is 18.0 Å². The Balaban J connectivity index is 1.54. The molecule has 0 bridgehead atoms. The summed E-state index contributed by atoms with van der Waals surface area (Å²) in [6.07, 6.45) is -5.38. The van der Waals surface area contributed by atoms with Crippen LogP contribution < -0.4 is 13.8 Å². The van der Waals surface area contributed by atoms with E-state index < -0.39 is 73.6 Å². The second-order valence-corrected chi connectivity index (χ2v) is 10.4. The number of fused-ring (bicyclic) bond motifs is 1. The monoisotopic (exact) mass is 609 g/mol. The molecule has 1 atom stereocenters. The summed E-state index contributed by atoms with van der Waals surface area (Å²) >= 11 is 0. The smallest absolute Gasteiger partial charge is 0.416 e. The number of alkyl halides is 3. The van der Waals surface area contributed by atoms with Crippen LogP contribution in [-0.2, 0) is 21.0 Å². The van der Waals surface area contributed by atoms with Crippen LogP contribution in [-0.4, -0.2) is 34.3 Å². The van der Waals surface area contributed by atoms with Crippen molar-refractivity contribution in [1.29, 1.82) is 0 Å². The fourth-order valence-electron chi connectivity index (χ4n) is 4.52. The summed E-state index contributed by atoms with van der Waals surface area (Å²) in [7, 11) is -5.18. The lowest BCUT2D eigenvalue weighted by molar-refractivity contribution is -0.137. The van der Waals surface area contributed by atoms with E-state index in [9.17, 15) is 48.3 Å². The molecule has 16 heteroatoms. The van der Waals surface area contributed by atoms with Crippen LogP contribution in [0.4, 0.5) is 45.6 Å². The molecule has 0 spiro atoms. The van der Waals surface area contributed by atoms with Gasteiger partial charge in [-0.2, -0.15) is 30.4 Å². The number of benzene rings is 3. The number of rotatable bonds is 5. The summed E-state index contributed by atoms with van der Waals surface area (Å²) in [4.78, 5) is 12.5. The van der Waals surface area contributed by atoms with Gasteiger partial charge in [-0.15, -0.1) is 0 Å². The van der Waals surface area contributed by atoms with Gasteiger partial charge in [-0.3, -0.25) is 4.90 Å². The van der Waals surface area contributed by atoms with E-state index in [2.05, 4.69) is 4.18 Å². The largest absolute Gasteiger partial charge is 0.493 e. The van der Waals surface area contributed by atoms with Gasteiger partial charge in [0.05, 0.1) is 24.4 Å². The van der Waals surface area contributed by atoms with Gasteiger partial charge < -0.3 is 13.7 Å². The number of hydrogen-bond acceptors (Lipinski definition) is 6. The van der Waals surface area contributed by atoms with E-state index in [4.69, 9.17) is 9.47 Å². The zero-order chi connectivity index (χ0) is 29.9. The van der Waals surface area contributed by atoms with Gasteiger partial charge in [0.25, 0.3) is 0 Å². The molecule has 1 saturated heterocycles. The first-order valence-corrected chi connectivity index (χ1v) is 13.0. The normalized spacial score (nSPS) is 17.2. The Kier molecular flexibility index (Phi) is 6.99. The van der Waals surface area contributed by atoms with Crippen LogP contribution in [0.25, 0.3) is 0 Å². The van der Waals surface area contributed by atoms with Crippen LogP contribution in [0.2, 0.25) is 0 Å². The Labute approximate surface area is 226 Å². The van der Waals surface area contributed by atoms with Crippen LogP contribution >= 0.6 is 0 Å². The number of nitrogens with zero attached hydrogens (tertiary/aromatic N) is 1. The van der Waals surface area contributed by atoms with Gasteiger partial charge in [0.15, 0.2) is 0 Å². The molecule has 0 N–H and O–H groups in total. The number of halogens is 8. The number of cyclic esters (lactones) is 1. The van der Waals surface area contributed by atoms with Gasteiger partial charge in [-0.1, -0.05) is 12.1 Å². The highest BCUT2D eigenvalue weighted by Gasteiger charge is 2.37. The third kappa shape index (κ3) is 5.00. The molecule has 2 aliphatic heterocycles. The summed E-state index contributed by atoms with van der Waals surface area (Å²) in [5, 5.41) is 0. The molecular formula is C25H15F8NO6S. The predicted molar refractivity (Wildman–Crippen MR) is 123 cm³/mol. The molecule has 0 radical (unpaired) electrons. The number of hydrogen-bond donors (Lipinski definition) is 0. The fourth-order valence-corrected chi connectivity index (χ4v) is 5.47. The van der Waals surface area contributed by atoms with Crippen molar-refractivity contribution in [2.24, 2.45) is 0 Å². The molecule has 3 aromatic rings. The molecule has 0 aromatic heterocycles. The average Bonchev–Trinajstić information content (AvgIpc) is 3.37. The maximum absolute atomic E-state index is 14.0. The van der Waals surface area contributed by atoms with Crippen molar-refractivity contribution in [3.8, 4) is 11.5 Å². The highest BCUT2D eigenvalue weighted by Crippen LogP contribution is 2.45. The summed E-state index contributed by atoms with van der Waals surface area (Å²) in [5.41, 5.74) is -0.545. The van der Waals surface area contributed by atoms with Gasteiger partial charge >= 0.3 is 22.4 Å². The molecule has 1 amide bonds. The van der Waals surface area contributed by atoms with Gasteiger partial charge in [-0.05, 0) is 30.2 Å². The first kappa shape index (κ1) is 28.4. The van der Waals surface area contributed by atoms with E-state index in [0.717, 1.165) is 29.2 Å². The highest BCUT2D eigenvalue weighted by atomic mass is 32.2. The molecule has 2 aliphatic rings. The van der Waals surface area contributed by atoms with E-state index in [-0.39, 0.29) is 48.7 Å². The van der Waals surface area contributed by atoms with Crippen molar-refractivity contribution in [1.82, 2.24) is 0 Å². The summed E-state index contributed by atoms with van der Waals surface area (Å²) in [6, 6.07) is 5.77. The quantitative estimate of drug-likeness (QED) is 0.152. The maximum atomic E-state index is 14.0. The van der Waals surface area contributed by atoms with E-state index >= 15 is 0 Å². The molecule has 7 nitrogen and oxygen atoms in total. The molecule has 5 rings (SSSR count). The number of anilines is 1. The van der Waals surface area contributed by atoms with Crippen molar-refractivity contribution in [2.45, 2.75) is 23.4 Å². The van der Waals surface area contributed by atoms with Crippen molar-refractivity contribution >= 4 is 21.9 Å². The van der Waals surface area contributed by atoms with Gasteiger partial charge in [0.2, 0.25) is 34.8 Å². The minimum Gasteiger partial charge on any atom is -0.493 e. The van der Waals surface area contributed by atoms with Crippen molar-refractivity contribution < 1.29 is 62.0 Å². The molecule has 0 unspecified atom stereocenters. The lowest BCUT2D eigenvalue weighted by Gasteiger charge is -2.30. The van der Waals surface area contributed by atoms with Crippen LogP contribution in [0.5, 0.6) is 11.5 Å². The molecule has 0 aliphatic carbocycles. The third-order valence-electron chi connectivity index (χ3n) is 6.46. The second kappa shape index (κ2) is 10.1. The predicted octanol–water partition coefficient (Wildman–Crippen LogP) is 6.04. The van der Waals surface area contributed by atoms with E-state index in [1.807, 2.05) is 0 Å². The second-order valence-electron chi connectivity index (χ2n) is 8.86. The number of amides is 1. The summed E-state index contributed by atoms with van der Waals surface area (Å²) in [6.45, 7) is -0.136. The summed E-state index contributed by atoms with van der Waals surface area (Å²) in [5.74, 6) is -15.2. The lowest BCUT2D eigenvalue weighted by Crippen LogP contribution is -2.27. The standard InChI is InChI=1S/C25H15F8NO6S/c26-18-19(27)21(29)23(22(30)20(18)28)40-41(36,37)12-2-4-15-13(5-7-38-17(15)10-12)14-3-1-11(25(31,32)33)9-16(14)34-6-8-39-24(34)35/h1-4,9-10,13H,5-8H2/t13-/m1/s1. The minimum absolute atomic E-state index is 0.0184. The SMILES string of the molecule is O=C1OCCN1c1cc(C(F)(F)F)ccc1[C@H]1CCOc2cc(S(=O)(=O)Oc3c(F)c(F)c(F)c(F)c3F)ccc21. The van der Waals surface area contributed by atoms with Crippen LogP contribution in [0.3, 0.4) is 0 Å². The molecule has 0 saturated carbocycles. The average molecular weight is 609 g/mol. The van der Waals surface area contributed by atoms with Crippen LogP contribution in [0, 0.1) is 29.1 Å². The van der Waals surface area contributed by atoms with E-state index in [1.165, 1.54) is 12.1 Å². The Hall–Kier alpha value is -4.08. The topological polar surface area (TPSA) is 82.1 Å². The number of ether oxygens (including phenoxy) is 2. The molecule has 218 valence electrons. The molecule has 1 fully saturated rings. The fraction of sp³-hybridized carbons (Fsp3) is 0.240. The Morgan fingerprint density at radius 1 is 0.829 bits per heavy atom. The van der Waals surface area contributed by atoms with Crippen LogP contribution in [0.15, 0.2) is 41.3 Å². The third-order valence-corrected chi connectivity index (χ3v) is 7.68. The Morgan fingerprint density at radius 2 is 1.46 bits per heavy atom. The molecular weight excluding hydrogens is 594 g/mol. The van der Waals surface area contributed by atoms with Crippen molar-refractivity contribution in [3.05, 3.63) is 82.2 Å². The number of carbonyl (C=O) groups excluding carboxylic acids is 1. The highest BCUT2D eigenvalue weighted by molar-refractivity contribution is 7.87. The Morgan fingerprint density at radius 3 is 2.07 bits per heavy atom. The van der Waals surface area contributed by atoms with E-state index in [1.54, 1.807) is 0 Å². The Bertz CT molecular complexity index is 1650. The van der Waals surface area contributed by atoms with Crippen molar-refractivity contribution in [2.75, 3.05) is 24.7 Å². The van der Waals surface area contributed by atoms with Gasteiger partial charge in [0, 0.05) is 17.5 Å². The molecule has 2 heterocycles. The van der Waals surface area contributed by atoms with Crippen molar-refractivity contribution in [3.63, 3.8) is 0 Å². The summed E-state index contributed by atoms with van der Waals surface area (Å²) < 4.78 is 149. The zero-order valence-electron chi connectivity index (χ0n) is 20.2.